The number of halogens is 4. The summed E-state index contributed by atoms with van der Waals surface area (Å²) >= 11 is 5.74. The second-order valence-electron chi connectivity index (χ2n) is 3.26. The van der Waals surface area contributed by atoms with Crippen molar-refractivity contribution in [2.75, 3.05) is 0 Å². The summed E-state index contributed by atoms with van der Waals surface area (Å²) in [7, 11) is 0. The standard InChI is InChI=1S/C9H10ClF3N2/c1-5-6(2)14-7(15-8(5)10)3-4-9(11,12)13/h3-4H2,1-2H3. The summed E-state index contributed by atoms with van der Waals surface area (Å²) < 4.78 is 35.8. The molecule has 0 amide bonds. The molecular weight excluding hydrogens is 229 g/mol. The molecule has 6 heteroatoms. The van der Waals surface area contributed by atoms with Gasteiger partial charge in [0.05, 0.1) is 6.42 Å². The Balaban J connectivity index is 2.80. The number of nitrogens with zero attached hydrogens (tertiary/aromatic N) is 2. The zero-order valence-corrected chi connectivity index (χ0v) is 9.08. The molecule has 0 spiro atoms. The highest BCUT2D eigenvalue weighted by molar-refractivity contribution is 6.30. The number of alkyl halides is 3. The quantitative estimate of drug-likeness (QED) is 0.740. The van der Waals surface area contributed by atoms with Crippen LogP contribution in [-0.2, 0) is 6.42 Å². The minimum Gasteiger partial charge on any atom is -0.238 e. The third-order valence-corrected chi connectivity index (χ3v) is 2.38. The molecule has 1 aromatic heterocycles. The molecular formula is C9H10ClF3N2. The van der Waals surface area contributed by atoms with Crippen LogP contribution in [-0.4, -0.2) is 16.1 Å². The molecule has 1 heterocycles. The van der Waals surface area contributed by atoms with Crippen LogP contribution >= 0.6 is 11.6 Å². The van der Waals surface area contributed by atoms with E-state index in [1.165, 1.54) is 0 Å². The van der Waals surface area contributed by atoms with E-state index in [0.717, 1.165) is 0 Å². The molecule has 0 aliphatic rings. The monoisotopic (exact) mass is 238 g/mol. The van der Waals surface area contributed by atoms with E-state index in [2.05, 4.69) is 9.97 Å². The largest absolute Gasteiger partial charge is 0.389 e. The van der Waals surface area contributed by atoms with E-state index in [1.807, 2.05) is 0 Å². The van der Waals surface area contributed by atoms with E-state index in [-0.39, 0.29) is 17.4 Å². The summed E-state index contributed by atoms with van der Waals surface area (Å²) in [4.78, 5) is 7.73. The van der Waals surface area contributed by atoms with Crippen molar-refractivity contribution in [2.24, 2.45) is 0 Å². The molecule has 0 aliphatic heterocycles. The van der Waals surface area contributed by atoms with Crippen molar-refractivity contribution in [2.45, 2.75) is 32.9 Å². The molecule has 84 valence electrons. The third kappa shape index (κ3) is 3.66. The summed E-state index contributed by atoms with van der Waals surface area (Å²) in [6.45, 7) is 3.42. The van der Waals surface area contributed by atoms with Crippen molar-refractivity contribution < 1.29 is 13.2 Å². The topological polar surface area (TPSA) is 25.8 Å². The SMILES string of the molecule is Cc1nc(CCC(F)(F)F)nc(Cl)c1C. The first-order chi connectivity index (χ1) is 6.79. The fraction of sp³-hybridized carbons (Fsp3) is 0.556. The first-order valence-corrected chi connectivity index (χ1v) is 4.74. The number of aryl methyl sites for hydroxylation is 2. The van der Waals surface area contributed by atoms with Crippen LogP contribution in [0, 0.1) is 13.8 Å². The lowest BCUT2D eigenvalue weighted by atomic mass is 10.2. The first-order valence-electron chi connectivity index (χ1n) is 4.36. The van der Waals surface area contributed by atoms with Gasteiger partial charge in [0, 0.05) is 17.7 Å². The Morgan fingerprint density at radius 3 is 2.27 bits per heavy atom. The highest BCUT2D eigenvalue weighted by Gasteiger charge is 2.27. The molecule has 0 atom stereocenters. The van der Waals surface area contributed by atoms with Gasteiger partial charge >= 0.3 is 6.18 Å². The Morgan fingerprint density at radius 2 is 1.80 bits per heavy atom. The molecule has 1 rings (SSSR count). The molecule has 0 fully saturated rings. The maximum atomic E-state index is 11.9. The average molecular weight is 239 g/mol. The Kier molecular flexibility index (Phi) is 3.54. The highest BCUT2D eigenvalue weighted by atomic mass is 35.5. The smallest absolute Gasteiger partial charge is 0.238 e. The van der Waals surface area contributed by atoms with E-state index in [1.54, 1.807) is 13.8 Å². The average Bonchev–Trinajstić information content (AvgIpc) is 2.09. The zero-order chi connectivity index (χ0) is 11.6. The Labute approximate surface area is 90.5 Å². The minimum atomic E-state index is -4.19. The first kappa shape index (κ1) is 12.2. The molecule has 0 bridgehead atoms. The summed E-state index contributed by atoms with van der Waals surface area (Å²) in [5, 5.41) is 0.222. The van der Waals surface area contributed by atoms with E-state index in [9.17, 15) is 13.2 Å². The Hall–Kier alpha value is -0.840. The van der Waals surface area contributed by atoms with Crippen LogP contribution < -0.4 is 0 Å². The van der Waals surface area contributed by atoms with Gasteiger partial charge in [0.2, 0.25) is 0 Å². The van der Waals surface area contributed by atoms with Crippen LogP contribution in [0.15, 0.2) is 0 Å². The fourth-order valence-electron chi connectivity index (χ4n) is 1.01. The van der Waals surface area contributed by atoms with Crippen LogP contribution in [0.4, 0.5) is 13.2 Å². The molecule has 0 radical (unpaired) electrons. The maximum Gasteiger partial charge on any atom is 0.389 e. The molecule has 0 saturated heterocycles. The van der Waals surface area contributed by atoms with Crippen LogP contribution in [0.25, 0.3) is 0 Å². The molecule has 0 unspecified atom stereocenters. The molecule has 0 N–H and O–H groups in total. The van der Waals surface area contributed by atoms with Crippen molar-refractivity contribution >= 4 is 11.6 Å². The van der Waals surface area contributed by atoms with Gasteiger partial charge in [-0.05, 0) is 13.8 Å². The number of rotatable bonds is 2. The van der Waals surface area contributed by atoms with Gasteiger partial charge < -0.3 is 0 Å². The maximum absolute atomic E-state index is 11.9. The van der Waals surface area contributed by atoms with Gasteiger partial charge in [0.25, 0.3) is 0 Å². The summed E-state index contributed by atoms with van der Waals surface area (Å²) in [6.07, 6.45) is -5.34. The van der Waals surface area contributed by atoms with Gasteiger partial charge in [-0.1, -0.05) is 11.6 Å². The second-order valence-corrected chi connectivity index (χ2v) is 3.61. The Morgan fingerprint density at radius 1 is 1.20 bits per heavy atom. The lowest BCUT2D eigenvalue weighted by Gasteiger charge is -2.07. The summed E-state index contributed by atoms with van der Waals surface area (Å²) in [5.41, 5.74) is 1.32. The van der Waals surface area contributed by atoms with Crippen LogP contribution in [0.1, 0.15) is 23.5 Å². The number of aromatic nitrogens is 2. The van der Waals surface area contributed by atoms with E-state index >= 15 is 0 Å². The number of hydrogen-bond acceptors (Lipinski definition) is 2. The van der Waals surface area contributed by atoms with Gasteiger partial charge in [0.1, 0.15) is 11.0 Å². The second kappa shape index (κ2) is 4.35. The third-order valence-electron chi connectivity index (χ3n) is 2.01. The molecule has 0 saturated carbocycles. The summed E-state index contributed by atoms with van der Waals surface area (Å²) in [5.74, 6) is 0.139. The number of hydrogen-bond donors (Lipinski definition) is 0. The van der Waals surface area contributed by atoms with Crippen LogP contribution in [0.2, 0.25) is 5.15 Å². The zero-order valence-electron chi connectivity index (χ0n) is 8.32. The minimum absolute atomic E-state index is 0.139. The van der Waals surface area contributed by atoms with Gasteiger partial charge in [-0.3, -0.25) is 0 Å². The van der Waals surface area contributed by atoms with Crippen LogP contribution in [0.3, 0.4) is 0 Å². The van der Waals surface area contributed by atoms with E-state index < -0.39 is 12.6 Å². The van der Waals surface area contributed by atoms with Gasteiger partial charge in [0.15, 0.2) is 0 Å². The van der Waals surface area contributed by atoms with Crippen LogP contribution in [0.5, 0.6) is 0 Å². The lowest BCUT2D eigenvalue weighted by Crippen LogP contribution is -2.11. The summed E-state index contributed by atoms with van der Waals surface area (Å²) in [6, 6.07) is 0. The lowest BCUT2D eigenvalue weighted by molar-refractivity contribution is -0.134. The molecule has 1 aromatic rings. The van der Waals surface area contributed by atoms with Gasteiger partial charge in [-0.15, -0.1) is 0 Å². The predicted octanol–water partition coefficient (Wildman–Crippen LogP) is 3.24. The van der Waals surface area contributed by atoms with Gasteiger partial charge in [-0.25, -0.2) is 9.97 Å². The molecule has 2 nitrogen and oxygen atoms in total. The molecule has 15 heavy (non-hydrogen) atoms. The van der Waals surface area contributed by atoms with Gasteiger partial charge in [-0.2, -0.15) is 13.2 Å². The van der Waals surface area contributed by atoms with Crippen molar-refractivity contribution in [1.82, 2.24) is 9.97 Å². The van der Waals surface area contributed by atoms with E-state index in [0.29, 0.717) is 11.3 Å². The predicted molar refractivity (Wildman–Crippen MR) is 50.9 cm³/mol. The molecule has 0 aliphatic carbocycles. The van der Waals surface area contributed by atoms with Crippen molar-refractivity contribution in [3.63, 3.8) is 0 Å². The van der Waals surface area contributed by atoms with Crippen molar-refractivity contribution in [3.05, 3.63) is 22.2 Å². The highest BCUT2D eigenvalue weighted by Crippen LogP contribution is 2.22. The molecule has 0 aromatic carbocycles. The Bertz CT molecular complexity index is 340. The van der Waals surface area contributed by atoms with E-state index in [4.69, 9.17) is 11.6 Å². The normalized spacial score (nSPS) is 11.9. The van der Waals surface area contributed by atoms with Crippen molar-refractivity contribution in [3.8, 4) is 0 Å². The van der Waals surface area contributed by atoms with Crippen molar-refractivity contribution in [1.29, 1.82) is 0 Å². The fourth-order valence-corrected chi connectivity index (χ4v) is 1.25.